The van der Waals surface area contributed by atoms with Gasteiger partial charge in [-0.15, -0.1) is 0 Å². The molecule has 3 heterocycles. The second kappa shape index (κ2) is 5.82. The number of para-hydroxylation sites is 1. The molecule has 140 valence electrons. The second-order valence-corrected chi connectivity index (χ2v) is 7.27. The Labute approximate surface area is 160 Å². The van der Waals surface area contributed by atoms with E-state index in [1.165, 1.54) is 25.1 Å². The van der Waals surface area contributed by atoms with Gasteiger partial charge in [-0.1, -0.05) is 36.4 Å². The fourth-order valence-electron chi connectivity index (χ4n) is 4.69. The molecule has 0 saturated carbocycles. The molecule has 7 heteroatoms. The first-order chi connectivity index (χ1) is 13.5. The Balaban J connectivity index is 1.67. The van der Waals surface area contributed by atoms with Crippen molar-refractivity contribution in [2.45, 2.75) is 19.0 Å². The van der Waals surface area contributed by atoms with Gasteiger partial charge in [-0.3, -0.25) is 19.4 Å². The molecule has 0 aliphatic carbocycles. The summed E-state index contributed by atoms with van der Waals surface area (Å²) in [4.78, 5) is 39.9. The van der Waals surface area contributed by atoms with Crippen LogP contribution in [-0.2, 0) is 14.4 Å². The van der Waals surface area contributed by atoms with Crippen molar-refractivity contribution in [1.82, 2.24) is 5.01 Å². The summed E-state index contributed by atoms with van der Waals surface area (Å²) in [5, 5.41) is 5.97. The first-order valence-electron chi connectivity index (χ1n) is 9.04. The van der Waals surface area contributed by atoms with Gasteiger partial charge in [0.25, 0.3) is 0 Å². The Morgan fingerprint density at radius 1 is 1.00 bits per heavy atom. The molecule has 5 rings (SSSR count). The molecule has 0 unspecified atom stereocenters. The van der Waals surface area contributed by atoms with Gasteiger partial charge < -0.3 is 0 Å². The van der Waals surface area contributed by atoms with Crippen LogP contribution in [0, 0.1) is 17.7 Å². The highest BCUT2D eigenvalue weighted by Crippen LogP contribution is 2.52. The van der Waals surface area contributed by atoms with Gasteiger partial charge in [-0.2, -0.15) is 5.10 Å². The minimum Gasteiger partial charge on any atom is -0.298 e. The molecule has 3 aliphatic heterocycles. The third-order valence-electron chi connectivity index (χ3n) is 5.80. The van der Waals surface area contributed by atoms with Crippen LogP contribution in [0.2, 0.25) is 0 Å². The van der Waals surface area contributed by atoms with Crippen LogP contribution in [0.15, 0.2) is 53.6 Å². The number of rotatable bonds is 2. The van der Waals surface area contributed by atoms with E-state index in [1.54, 1.807) is 17.3 Å². The van der Waals surface area contributed by atoms with Crippen LogP contribution in [0.5, 0.6) is 0 Å². The van der Waals surface area contributed by atoms with E-state index in [0.29, 0.717) is 0 Å². The number of hydrogen-bond acceptors (Lipinski definition) is 5. The molecule has 0 aromatic heterocycles. The first-order valence-corrected chi connectivity index (χ1v) is 9.04. The van der Waals surface area contributed by atoms with Crippen molar-refractivity contribution in [2.75, 3.05) is 4.90 Å². The van der Waals surface area contributed by atoms with E-state index in [-0.39, 0.29) is 11.5 Å². The van der Waals surface area contributed by atoms with E-state index in [0.717, 1.165) is 16.0 Å². The number of nitrogens with zero attached hydrogens (tertiary/aromatic N) is 3. The van der Waals surface area contributed by atoms with Crippen molar-refractivity contribution in [3.8, 4) is 0 Å². The van der Waals surface area contributed by atoms with E-state index in [9.17, 15) is 18.8 Å². The molecule has 0 bridgehead atoms. The average molecular weight is 377 g/mol. The maximum atomic E-state index is 14.3. The monoisotopic (exact) mass is 377 g/mol. The van der Waals surface area contributed by atoms with Gasteiger partial charge >= 0.3 is 0 Å². The molecule has 2 aromatic rings. The first kappa shape index (κ1) is 16.8. The van der Waals surface area contributed by atoms with Crippen LogP contribution in [0.1, 0.15) is 24.1 Å². The molecule has 4 atom stereocenters. The van der Waals surface area contributed by atoms with Crippen LogP contribution >= 0.6 is 0 Å². The summed E-state index contributed by atoms with van der Waals surface area (Å²) in [7, 11) is 0. The minimum atomic E-state index is -0.891. The number of benzene rings is 2. The van der Waals surface area contributed by atoms with Gasteiger partial charge in [0, 0.05) is 0 Å². The molecule has 2 saturated heterocycles. The van der Waals surface area contributed by atoms with E-state index < -0.39 is 41.6 Å². The number of hydrogen-bond donors (Lipinski definition) is 0. The third kappa shape index (κ3) is 2.07. The lowest BCUT2D eigenvalue weighted by Crippen LogP contribution is -2.44. The summed E-state index contributed by atoms with van der Waals surface area (Å²) in [6.07, 6.45) is 1.65. The Morgan fingerprint density at radius 2 is 1.68 bits per heavy atom. The minimum absolute atomic E-state index is 0.0756. The maximum Gasteiger partial charge on any atom is 0.240 e. The van der Waals surface area contributed by atoms with Crippen LogP contribution in [-0.4, -0.2) is 34.9 Å². The van der Waals surface area contributed by atoms with Crippen LogP contribution < -0.4 is 4.90 Å². The zero-order valence-corrected chi connectivity index (χ0v) is 14.9. The van der Waals surface area contributed by atoms with Gasteiger partial charge in [0.15, 0.2) is 5.78 Å². The molecule has 2 amide bonds. The van der Waals surface area contributed by atoms with Crippen molar-refractivity contribution in [3.05, 3.63) is 65.5 Å². The van der Waals surface area contributed by atoms with Gasteiger partial charge in [0.1, 0.15) is 11.9 Å². The topological polar surface area (TPSA) is 70.0 Å². The molecule has 2 fully saturated rings. The Hall–Kier alpha value is -3.35. The summed E-state index contributed by atoms with van der Waals surface area (Å²) in [6.45, 7) is 1.39. The number of amides is 2. The van der Waals surface area contributed by atoms with Crippen molar-refractivity contribution >= 4 is 29.5 Å². The standard InChI is InChI=1S/C21H16FN3O3/c1-11(26)18-16-17(19-13-7-3-2-6-12(13)10-23-25(18)19)21(28)24(20(16)27)15-9-5-4-8-14(15)22/h2-10,16-19H,1H3/t16-,17+,18+,19-/m1/s1. The molecule has 0 radical (unpaired) electrons. The molecular weight excluding hydrogens is 361 g/mol. The molecule has 0 spiro atoms. The molecule has 0 N–H and O–H groups in total. The predicted molar refractivity (Wildman–Crippen MR) is 99.0 cm³/mol. The smallest absolute Gasteiger partial charge is 0.240 e. The highest BCUT2D eigenvalue weighted by molar-refractivity contribution is 6.24. The number of anilines is 1. The van der Waals surface area contributed by atoms with Gasteiger partial charge in [0.2, 0.25) is 11.8 Å². The average Bonchev–Trinajstić information content (AvgIpc) is 3.16. The SMILES string of the molecule is CC(=O)[C@H]1[C@@H]2C(=O)N(c3ccccc3F)C(=O)[C@@H]2[C@H]2c3ccccc3C=NN21. The van der Waals surface area contributed by atoms with Crippen LogP contribution in [0.4, 0.5) is 10.1 Å². The number of ketones is 1. The number of carbonyl (C=O) groups is 3. The van der Waals surface area contributed by atoms with Crippen molar-refractivity contribution in [1.29, 1.82) is 0 Å². The van der Waals surface area contributed by atoms with Gasteiger partial charge in [-0.25, -0.2) is 9.29 Å². The highest BCUT2D eigenvalue weighted by atomic mass is 19.1. The number of halogens is 1. The zero-order valence-electron chi connectivity index (χ0n) is 14.9. The summed E-state index contributed by atoms with van der Waals surface area (Å²) >= 11 is 0. The molecule has 28 heavy (non-hydrogen) atoms. The normalized spacial score (nSPS) is 27.6. The van der Waals surface area contributed by atoms with Crippen LogP contribution in [0.3, 0.4) is 0 Å². The lowest BCUT2D eigenvalue weighted by molar-refractivity contribution is -0.129. The Bertz CT molecular complexity index is 1070. The fourth-order valence-corrected chi connectivity index (χ4v) is 4.69. The van der Waals surface area contributed by atoms with E-state index in [1.807, 2.05) is 24.3 Å². The Kier molecular flexibility index (Phi) is 3.49. The molecule has 6 nitrogen and oxygen atoms in total. The molecular formula is C21H16FN3O3. The van der Waals surface area contributed by atoms with E-state index in [4.69, 9.17) is 0 Å². The third-order valence-corrected chi connectivity index (χ3v) is 5.80. The maximum absolute atomic E-state index is 14.3. The lowest BCUT2D eigenvalue weighted by atomic mass is 9.84. The summed E-state index contributed by atoms with van der Waals surface area (Å²) in [5.74, 6) is -3.63. The second-order valence-electron chi connectivity index (χ2n) is 7.27. The molecule has 3 aliphatic rings. The van der Waals surface area contributed by atoms with Crippen molar-refractivity contribution in [2.24, 2.45) is 16.9 Å². The number of fused-ring (bicyclic) bond motifs is 5. The number of imide groups is 1. The van der Waals surface area contributed by atoms with Crippen molar-refractivity contribution < 1.29 is 18.8 Å². The number of Topliss-reactive ketones (excluding diaryl/α,β-unsaturated/α-hetero) is 1. The van der Waals surface area contributed by atoms with E-state index in [2.05, 4.69) is 5.10 Å². The summed E-state index contributed by atoms with van der Waals surface area (Å²) < 4.78 is 14.3. The quantitative estimate of drug-likeness (QED) is 0.753. The Morgan fingerprint density at radius 3 is 2.43 bits per heavy atom. The largest absolute Gasteiger partial charge is 0.298 e. The fraction of sp³-hybridized carbons (Fsp3) is 0.238. The van der Waals surface area contributed by atoms with E-state index >= 15 is 0 Å². The summed E-state index contributed by atoms with van der Waals surface area (Å²) in [6, 6.07) is 11.8. The summed E-state index contributed by atoms with van der Waals surface area (Å²) in [5.41, 5.74) is 1.61. The van der Waals surface area contributed by atoms with Gasteiger partial charge in [-0.05, 0) is 30.2 Å². The van der Waals surface area contributed by atoms with Crippen LogP contribution in [0.25, 0.3) is 0 Å². The number of carbonyl (C=O) groups excluding carboxylic acids is 3. The number of hydrazone groups is 1. The highest BCUT2D eigenvalue weighted by Gasteiger charge is 2.65. The van der Waals surface area contributed by atoms with Crippen molar-refractivity contribution in [3.63, 3.8) is 0 Å². The predicted octanol–water partition coefficient (Wildman–Crippen LogP) is 2.29. The molecule has 2 aromatic carbocycles. The zero-order chi connectivity index (χ0) is 19.6. The van der Waals surface area contributed by atoms with Gasteiger partial charge in [0.05, 0.1) is 29.8 Å². The lowest BCUT2D eigenvalue weighted by Gasteiger charge is -2.33.